The van der Waals surface area contributed by atoms with E-state index in [1.54, 1.807) is 14.2 Å². The van der Waals surface area contributed by atoms with E-state index in [1.165, 1.54) is 204 Å². The van der Waals surface area contributed by atoms with Crippen molar-refractivity contribution in [3.05, 3.63) is 521 Å². The topological polar surface area (TPSA) is 18.5 Å². The lowest BCUT2D eigenvalue weighted by Crippen LogP contribution is -2.10. The Bertz CT molecular complexity index is 8710. The highest BCUT2D eigenvalue weighted by atomic mass is 16.5. The summed E-state index contributed by atoms with van der Waals surface area (Å²) >= 11 is 0. The molecule has 0 atom stereocenters. The fourth-order valence-electron chi connectivity index (χ4n) is 21.2. The van der Waals surface area contributed by atoms with Gasteiger partial charge in [-0.05, 0) is 333 Å². The summed E-state index contributed by atoms with van der Waals surface area (Å²) in [5.74, 6) is 1.62. The van der Waals surface area contributed by atoms with Crippen LogP contribution in [-0.4, -0.2) is 14.2 Å². The van der Waals surface area contributed by atoms with Crippen LogP contribution in [0.1, 0.15) is 31.9 Å². The zero-order chi connectivity index (χ0) is 95.0. The fraction of sp³-hybridized carbons (Fsp3) is 0.0504. The summed E-state index contributed by atoms with van der Waals surface area (Å²) in [6, 6.07) is 188. The first-order valence-electron chi connectivity index (χ1n) is 48.8. The molecular weight excluding hydrogens is 1700 g/mol. The number of hydrogen-bond acceptors (Lipinski definition) is 2. The van der Waals surface area contributed by atoms with Crippen LogP contribution in [0.5, 0.6) is 11.5 Å². The van der Waals surface area contributed by atoms with E-state index in [2.05, 4.69) is 537 Å². The molecule has 24 aromatic rings. The van der Waals surface area contributed by atoms with Gasteiger partial charge in [-0.15, -0.1) is 0 Å². The van der Waals surface area contributed by atoms with Gasteiger partial charge in [-0.2, -0.15) is 0 Å². The second-order valence-corrected chi connectivity index (χ2v) is 38.0. The molecule has 24 rings (SSSR count). The smallest absolute Gasteiger partial charge is 0.118 e. The average Bonchev–Trinajstić information content (AvgIpc) is 0.701. The van der Waals surface area contributed by atoms with Crippen LogP contribution in [0, 0.1) is 6.92 Å². The minimum atomic E-state index is -0.00265. The normalized spacial score (nSPS) is 11.5. The first-order valence-corrected chi connectivity index (χ1v) is 48.8. The number of methoxy groups -OCH3 is 2. The van der Waals surface area contributed by atoms with Gasteiger partial charge < -0.3 is 9.47 Å². The summed E-state index contributed by atoms with van der Waals surface area (Å²) in [4.78, 5) is 0. The van der Waals surface area contributed by atoms with Crippen molar-refractivity contribution in [2.75, 3.05) is 14.2 Å². The molecule has 0 aliphatic heterocycles. The number of hydrogen-bond donors (Lipinski definition) is 0. The maximum absolute atomic E-state index is 5.81. The van der Waals surface area contributed by atoms with Gasteiger partial charge in [0.05, 0.1) is 14.2 Å². The van der Waals surface area contributed by atoms with E-state index in [9.17, 15) is 0 Å². The highest BCUT2D eigenvalue weighted by Gasteiger charge is 2.30. The largest absolute Gasteiger partial charge is 0.497 e. The second-order valence-electron chi connectivity index (χ2n) is 38.0. The Kier molecular flexibility index (Phi) is 23.5. The Balaban J connectivity index is 0.000000157. The first-order chi connectivity index (χ1) is 69.4. The standard InChI is InChI=1S/C71H54.C68H48O2/c1-47-25-27-55(28-26-47)68-64-45-59(51-23-15-8-16-24-51)44-63(54-33-29-52(30-34-54)48-17-9-5-10-18-48)69(64)67(57-37-40-61(41-38-57)71(2,3)4)65-46-60-43-58(50-21-13-7-14-22-50)39-42-62(60)66(70(65)68)56-35-31-53(32-36-56)49-19-11-6-12-20-49;1-69-58-36-31-53(32-37-58)65-63-44-57-41-55(47-19-11-5-12-20-47)35-40-60(57)64(52-29-25-50(26-30-52)46-17-9-4-10-18-46)68(63)66(54-33-38-59(70-2)39-34-54)62-43-56(48-21-13-6-14-22-48)42-61(67(62)65)51-27-23-49(24-28-51)45-15-7-3-8-16-45/h5-46H,1-4H3;3-44H,1-2H3. The van der Waals surface area contributed by atoms with Crippen LogP contribution in [0.15, 0.2) is 510 Å². The van der Waals surface area contributed by atoms with Gasteiger partial charge in [0.15, 0.2) is 0 Å². The van der Waals surface area contributed by atoms with E-state index < -0.39 is 0 Å². The minimum absolute atomic E-state index is 0.00265. The van der Waals surface area contributed by atoms with Crippen LogP contribution < -0.4 is 9.47 Å². The van der Waals surface area contributed by atoms with Crippen LogP contribution in [0.4, 0.5) is 0 Å². The quantitative estimate of drug-likeness (QED) is 0.0797. The molecule has 0 radical (unpaired) electrons. The molecule has 0 saturated carbocycles. The maximum atomic E-state index is 5.81. The van der Waals surface area contributed by atoms with Crippen molar-refractivity contribution in [1.29, 1.82) is 0 Å². The average molecular weight is 1800 g/mol. The predicted molar refractivity (Wildman–Crippen MR) is 601 cm³/mol. The van der Waals surface area contributed by atoms with E-state index in [4.69, 9.17) is 9.47 Å². The van der Waals surface area contributed by atoms with Crippen molar-refractivity contribution in [2.24, 2.45) is 0 Å². The third-order valence-corrected chi connectivity index (χ3v) is 28.4. The summed E-state index contributed by atoms with van der Waals surface area (Å²) in [6.07, 6.45) is 0. The minimum Gasteiger partial charge on any atom is -0.497 e. The van der Waals surface area contributed by atoms with Gasteiger partial charge >= 0.3 is 0 Å². The molecule has 0 aliphatic carbocycles. The van der Waals surface area contributed by atoms with Gasteiger partial charge in [-0.25, -0.2) is 0 Å². The molecular formula is C139H102O2. The summed E-state index contributed by atoms with van der Waals surface area (Å²) in [5.41, 5.74) is 40.4. The van der Waals surface area contributed by atoms with Crippen LogP contribution in [0.25, 0.3) is 243 Å². The van der Waals surface area contributed by atoms with Crippen molar-refractivity contribution in [3.8, 4) is 190 Å². The monoisotopic (exact) mass is 1800 g/mol. The molecule has 0 bridgehead atoms. The van der Waals surface area contributed by atoms with Crippen molar-refractivity contribution in [2.45, 2.75) is 33.1 Å². The van der Waals surface area contributed by atoms with Gasteiger partial charge in [-0.1, -0.05) is 463 Å². The second kappa shape index (κ2) is 37.8. The molecule has 0 saturated heterocycles. The SMILES string of the molecule is COc1ccc(-c2c3cc4cc(-c5ccccc5)ccc4c(-c4ccc(-c5ccccc5)cc4)c3c(-c3ccc(OC)cc3)c3cc(-c4ccccc4)cc(-c4ccc(-c5ccccc5)cc4)c23)cc1.Cc1ccc(-c2c3cc(-c4ccccc4)cc(-c4ccc(-c5ccccc5)cc4)c3c(-c3ccc(C(C)(C)C)cc3)c3cc4cc(-c5ccccc5)ccc4c(-c4ccc(-c5ccccc5)cc4)c23)cc1. The molecule has 0 spiro atoms. The number of aryl methyl sites for hydroxylation is 1. The summed E-state index contributed by atoms with van der Waals surface area (Å²) in [7, 11) is 3.47. The third-order valence-electron chi connectivity index (χ3n) is 28.4. The highest BCUT2D eigenvalue weighted by Crippen LogP contribution is 2.57. The predicted octanol–water partition coefficient (Wildman–Crippen LogP) is 38.6. The van der Waals surface area contributed by atoms with Gasteiger partial charge in [0, 0.05) is 0 Å². The van der Waals surface area contributed by atoms with Crippen molar-refractivity contribution < 1.29 is 9.47 Å². The summed E-state index contributed by atoms with van der Waals surface area (Å²) < 4.78 is 11.6. The van der Waals surface area contributed by atoms with Gasteiger partial charge in [0.1, 0.15) is 11.5 Å². The summed E-state index contributed by atoms with van der Waals surface area (Å²) in [5, 5.41) is 14.4. The lowest BCUT2D eigenvalue weighted by Gasteiger charge is -2.25. The molecule has 24 aromatic carbocycles. The van der Waals surface area contributed by atoms with E-state index >= 15 is 0 Å². The molecule has 0 heterocycles. The molecule has 0 aliphatic rings. The molecule has 141 heavy (non-hydrogen) atoms. The lowest BCUT2D eigenvalue weighted by atomic mass is 9.77. The van der Waals surface area contributed by atoms with Crippen LogP contribution in [0.2, 0.25) is 0 Å². The first kappa shape index (κ1) is 87.5. The van der Waals surface area contributed by atoms with Crippen molar-refractivity contribution in [3.63, 3.8) is 0 Å². The van der Waals surface area contributed by atoms with Crippen LogP contribution in [-0.2, 0) is 5.41 Å². The molecule has 0 unspecified atom stereocenters. The van der Waals surface area contributed by atoms with Gasteiger partial charge in [0.25, 0.3) is 0 Å². The lowest BCUT2D eigenvalue weighted by molar-refractivity contribution is 0.415. The van der Waals surface area contributed by atoms with E-state index in [0.717, 1.165) is 61.2 Å². The Hall–Kier alpha value is -17.6. The van der Waals surface area contributed by atoms with E-state index in [0.29, 0.717) is 0 Å². The van der Waals surface area contributed by atoms with E-state index in [-0.39, 0.29) is 5.41 Å². The number of rotatable bonds is 18. The Morgan fingerprint density at radius 2 is 0.362 bits per heavy atom. The van der Waals surface area contributed by atoms with Crippen molar-refractivity contribution >= 4 is 64.6 Å². The maximum Gasteiger partial charge on any atom is 0.118 e. The van der Waals surface area contributed by atoms with Gasteiger partial charge in [-0.3, -0.25) is 0 Å². The van der Waals surface area contributed by atoms with Crippen LogP contribution in [0.3, 0.4) is 0 Å². The molecule has 670 valence electrons. The molecule has 0 aromatic heterocycles. The number of ether oxygens (including phenoxy) is 2. The Morgan fingerprint density at radius 3 is 0.638 bits per heavy atom. The fourth-order valence-corrected chi connectivity index (χ4v) is 21.2. The molecule has 0 fully saturated rings. The molecule has 2 nitrogen and oxygen atoms in total. The molecule has 2 heteroatoms. The highest BCUT2D eigenvalue weighted by molar-refractivity contribution is 6.34. The molecule has 0 amide bonds. The molecule has 0 N–H and O–H groups in total. The van der Waals surface area contributed by atoms with Crippen molar-refractivity contribution in [1.82, 2.24) is 0 Å². The Morgan fingerprint density at radius 1 is 0.156 bits per heavy atom. The number of fused-ring (bicyclic) bond motifs is 6. The zero-order valence-electron chi connectivity index (χ0n) is 79.8. The third kappa shape index (κ3) is 17.1. The van der Waals surface area contributed by atoms with Gasteiger partial charge in [0.2, 0.25) is 0 Å². The summed E-state index contributed by atoms with van der Waals surface area (Å²) in [6.45, 7) is 9.10. The van der Waals surface area contributed by atoms with Crippen LogP contribution >= 0.6 is 0 Å². The van der Waals surface area contributed by atoms with E-state index in [1.807, 2.05) is 0 Å². The zero-order valence-corrected chi connectivity index (χ0v) is 79.8. The Labute approximate surface area is 825 Å². The number of benzene rings is 24.